The first kappa shape index (κ1) is 14.0. The summed E-state index contributed by atoms with van der Waals surface area (Å²) in [4.78, 5) is 4.08. The Kier molecular flexibility index (Phi) is 8.37. The van der Waals surface area contributed by atoms with Gasteiger partial charge in [0.15, 0.2) is 0 Å². The van der Waals surface area contributed by atoms with Crippen LogP contribution in [0, 0.1) is 0 Å². The summed E-state index contributed by atoms with van der Waals surface area (Å²) in [6.07, 6.45) is 1.77. The first-order valence-electron chi connectivity index (χ1n) is 3.19. The van der Waals surface area contributed by atoms with Crippen LogP contribution in [0.15, 0.2) is 18.3 Å². The van der Waals surface area contributed by atoms with Crippen molar-refractivity contribution in [2.24, 2.45) is 5.73 Å². The highest BCUT2D eigenvalue weighted by molar-refractivity contribution is 5.85. The maximum atomic E-state index is 5.38. The minimum atomic E-state index is 0. The fraction of sp³-hybridized carbons (Fsp3) is 0.286. The lowest BCUT2D eigenvalue weighted by Gasteiger charge is -1.98. The SMILES string of the molecule is CNc1ccc(CN)cn1.Cl.Cl. The van der Waals surface area contributed by atoms with E-state index in [1.165, 1.54) is 0 Å². The highest BCUT2D eigenvalue weighted by atomic mass is 35.5. The van der Waals surface area contributed by atoms with Gasteiger partial charge in [-0.25, -0.2) is 4.98 Å². The van der Waals surface area contributed by atoms with Crippen LogP contribution in [0.2, 0.25) is 0 Å². The van der Waals surface area contributed by atoms with Gasteiger partial charge < -0.3 is 11.1 Å². The summed E-state index contributed by atoms with van der Waals surface area (Å²) in [5.41, 5.74) is 6.44. The summed E-state index contributed by atoms with van der Waals surface area (Å²) in [6, 6.07) is 3.86. The first-order valence-corrected chi connectivity index (χ1v) is 3.19. The van der Waals surface area contributed by atoms with Crippen molar-refractivity contribution in [3.63, 3.8) is 0 Å². The normalized spacial score (nSPS) is 7.83. The van der Waals surface area contributed by atoms with Crippen LogP contribution in [0.1, 0.15) is 5.56 Å². The van der Waals surface area contributed by atoms with Gasteiger partial charge >= 0.3 is 0 Å². The quantitative estimate of drug-likeness (QED) is 0.776. The molecule has 0 aliphatic rings. The smallest absolute Gasteiger partial charge is 0.125 e. The Hall–Kier alpha value is -0.510. The van der Waals surface area contributed by atoms with Crippen molar-refractivity contribution >= 4 is 30.6 Å². The van der Waals surface area contributed by atoms with Gasteiger partial charge in [0.05, 0.1) is 0 Å². The summed E-state index contributed by atoms with van der Waals surface area (Å²) in [5, 5.41) is 2.93. The number of anilines is 1. The molecule has 0 aromatic carbocycles. The molecule has 5 heteroatoms. The summed E-state index contributed by atoms with van der Waals surface area (Å²) in [5.74, 6) is 0.872. The molecule has 1 aromatic heterocycles. The predicted octanol–water partition coefficient (Wildman–Crippen LogP) is 1.43. The molecule has 1 heterocycles. The molecule has 0 fully saturated rings. The molecule has 0 amide bonds. The Balaban J connectivity index is 0. The Bertz CT molecular complexity index is 177. The lowest BCUT2D eigenvalue weighted by molar-refractivity contribution is 1.05. The molecule has 0 unspecified atom stereocenters. The third-order valence-electron chi connectivity index (χ3n) is 1.32. The van der Waals surface area contributed by atoms with E-state index in [0.717, 1.165) is 11.4 Å². The van der Waals surface area contributed by atoms with Crippen LogP contribution in [0.3, 0.4) is 0 Å². The molecular weight excluding hydrogens is 197 g/mol. The molecule has 0 saturated heterocycles. The third kappa shape index (κ3) is 3.76. The Morgan fingerprint density at radius 3 is 2.42 bits per heavy atom. The lowest BCUT2D eigenvalue weighted by Crippen LogP contribution is -1.98. The average molecular weight is 210 g/mol. The lowest BCUT2D eigenvalue weighted by atomic mass is 10.3. The van der Waals surface area contributed by atoms with Gasteiger partial charge in [0.25, 0.3) is 0 Å². The number of aromatic nitrogens is 1. The zero-order valence-electron chi connectivity index (χ0n) is 6.78. The molecule has 70 valence electrons. The van der Waals surface area contributed by atoms with Crippen molar-refractivity contribution in [3.8, 4) is 0 Å². The van der Waals surface area contributed by atoms with Gasteiger partial charge in [-0.3, -0.25) is 0 Å². The average Bonchev–Trinajstić information content (AvgIpc) is 2.05. The number of hydrogen-bond acceptors (Lipinski definition) is 3. The van der Waals surface area contributed by atoms with Gasteiger partial charge in [-0.05, 0) is 11.6 Å². The molecule has 1 aromatic rings. The van der Waals surface area contributed by atoms with E-state index < -0.39 is 0 Å². The largest absolute Gasteiger partial charge is 0.373 e. The number of pyridine rings is 1. The van der Waals surface area contributed by atoms with E-state index in [0.29, 0.717) is 6.54 Å². The third-order valence-corrected chi connectivity index (χ3v) is 1.32. The molecule has 0 aliphatic carbocycles. The number of rotatable bonds is 2. The zero-order valence-corrected chi connectivity index (χ0v) is 8.41. The van der Waals surface area contributed by atoms with Gasteiger partial charge in [0, 0.05) is 19.8 Å². The molecule has 1 rings (SSSR count). The van der Waals surface area contributed by atoms with E-state index in [4.69, 9.17) is 5.73 Å². The highest BCUT2D eigenvalue weighted by Crippen LogP contribution is 2.02. The van der Waals surface area contributed by atoms with Crippen LogP contribution in [-0.4, -0.2) is 12.0 Å². The number of nitrogens with two attached hydrogens (primary N) is 1. The Morgan fingerprint density at radius 2 is 2.08 bits per heavy atom. The van der Waals surface area contributed by atoms with E-state index in [1.54, 1.807) is 6.20 Å². The number of nitrogens with zero attached hydrogens (tertiary/aromatic N) is 1. The molecule has 0 spiro atoms. The monoisotopic (exact) mass is 209 g/mol. The minimum Gasteiger partial charge on any atom is -0.373 e. The van der Waals surface area contributed by atoms with Crippen molar-refractivity contribution in [1.82, 2.24) is 4.98 Å². The van der Waals surface area contributed by atoms with Gasteiger partial charge in [0.2, 0.25) is 0 Å². The van der Waals surface area contributed by atoms with Gasteiger partial charge in [-0.2, -0.15) is 0 Å². The fourth-order valence-corrected chi connectivity index (χ4v) is 0.693. The molecular formula is C7H13Cl2N3. The van der Waals surface area contributed by atoms with Gasteiger partial charge in [-0.1, -0.05) is 6.07 Å². The minimum absolute atomic E-state index is 0. The van der Waals surface area contributed by atoms with Crippen LogP contribution >= 0.6 is 24.8 Å². The molecule has 3 N–H and O–H groups in total. The molecule has 12 heavy (non-hydrogen) atoms. The van der Waals surface area contributed by atoms with Crippen molar-refractivity contribution in [1.29, 1.82) is 0 Å². The zero-order chi connectivity index (χ0) is 7.40. The maximum absolute atomic E-state index is 5.38. The number of hydrogen-bond donors (Lipinski definition) is 2. The van der Waals surface area contributed by atoms with Crippen molar-refractivity contribution < 1.29 is 0 Å². The summed E-state index contributed by atoms with van der Waals surface area (Å²) < 4.78 is 0. The molecule has 0 atom stereocenters. The molecule has 0 aliphatic heterocycles. The second kappa shape index (κ2) is 7.16. The molecule has 0 radical (unpaired) electrons. The topological polar surface area (TPSA) is 50.9 Å². The van der Waals surface area contributed by atoms with Crippen LogP contribution in [0.5, 0.6) is 0 Å². The fourth-order valence-electron chi connectivity index (χ4n) is 0.693. The van der Waals surface area contributed by atoms with Gasteiger partial charge in [-0.15, -0.1) is 24.8 Å². The van der Waals surface area contributed by atoms with E-state index >= 15 is 0 Å². The van der Waals surface area contributed by atoms with Crippen LogP contribution < -0.4 is 11.1 Å². The van der Waals surface area contributed by atoms with Crippen molar-refractivity contribution in [3.05, 3.63) is 23.9 Å². The Morgan fingerprint density at radius 1 is 1.42 bits per heavy atom. The first-order chi connectivity index (χ1) is 4.86. The number of halogens is 2. The summed E-state index contributed by atoms with van der Waals surface area (Å²) >= 11 is 0. The van der Waals surface area contributed by atoms with Crippen molar-refractivity contribution in [2.45, 2.75) is 6.54 Å². The van der Waals surface area contributed by atoms with E-state index in [2.05, 4.69) is 10.3 Å². The number of nitrogens with one attached hydrogen (secondary N) is 1. The summed E-state index contributed by atoms with van der Waals surface area (Å²) in [7, 11) is 1.84. The maximum Gasteiger partial charge on any atom is 0.125 e. The van der Waals surface area contributed by atoms with E-state index in [1.807, 2.05) is 19.2 Å². The molecule has 3 nitrogen and oxygen atoms in total. The second-order valence-corrected chi connectivity index (χ2v) is 2.01. The van der Waals surface area contributed by atoms with Crippen LogP contribution in [-0.2, 0) is 6.54 Å². The second-order valence-electron chi connectivity index (χ2n) is 2.01. The van der Waals surface area contributed by atoms with E-state index in [9.17, 15) is 0 Å². The van der Waals surface area contributed by atoms with Gasteiger partial charge in [0.1, 0.15) is 5.82 Å². The summed E-state index contributed by atoms with van der Waals surface area (Å²) in [6.45, 7) is 0.553. The van der Waals surface area contributed by atoms with Crippen LogP contribution in [0.4, 0.5) is 5.82 Å². The van der Waals surface area contributed by atoms with Crippen molar-refractivity contribution in [2.75, 3.05) is 12.4 Å². The highest BCUT2D eigenvalue weighted by Gasteiger charge is 1.89. The molecule has 0 saturated carbocycles. The predicted molar refractivity (Wildman–Crippen MR) is 56.2 cm³/mol. The standard InChI is InChI=1S/C7H11N3.2ClH/c1-9-7-3-2-6(4-8)5-10-7;;/h2-3,5H,4,8H2,1H3,(H,9,10);2*1H. The Labute approximate surface area is 84.6 Å². The molecule has 0 bridgehead atoms. The van der Waals surface area contributed by atoms with Crippen LogP contribution in [0.25, 0.3) is 0 Å². The van der Waals surface area contributed by atoms with E-state index in [-0.39, 0.29) is 24.8 Å².